The Balaban J connectivity index is 3.91. The first-order chi connectivity index (χ1) is 36.9. The number of amides is 7. The molecule has 1 heterocycles. The highest BCUT2D eigenvalue weighted by Crippen LogP contribution is 2.22. The van der Waals surface area contributed by atoms with Crippen LogP contribution < -0.4 is 65.9 Å². The van der Waals surface area contributed by atoms with Gasteiger partial charge in [-0.25, -0.2) is 0 Å². The smallest absolute Gasteiger partial charge is 0.243 e. The molecule has 0 spiro atoms. The number of aliphatic hydroxyl groups excluding tert-OH is 1. The van der Waals surface area contributed by atoms with E-state index in [1.807, 2.05) is 41.5 Å². The molecule has 1 aliphatic rings. The van der Waals surface area contributed by atoms with Gasteiger partial charge in [-0.3, -0.25) is 47.9 Å². The molecule has 0 radical (unpaired) electrons. The Hall–Kier alpha value is -4.94. The Morgan fingerprint density at radius 2 is 0.962 bits per heavy atom. The van der Waals surface area contributed by atoms with Crippen molar-refractivity contribution in [1.82, 2.24) is 37.2 Å². The van der Waals surface area contributed by atoms with Crippen LogP contribution >= 0.6 is 0 Å². The third kappa shape index (κ3) is 28.3. The van der Waals surface area contributed by atoms with Crippen molar-refractivity contribution in [2.24, 2.45) is 64.2 Å². The molecule has 7 amide bonds. The fourth-order valence-corrected chi connectivity index (χ4v) is 9.66. The number of rotatable bonds is 28. The zero-order valence-corrected chi connectivity index (χ0v) is 48.1. The molecular formula is C55H102N12O11. The molecule has 0 aliphatic carbocycles. The fourth-order valence-electron chi connectivity index (χ4n) is 9.66. The van der Waals surface area contributed by atoms with Crippen LogP contribution in [0.4, 0.5) is 0 Å². The summed E-state index contributed by atoms with van der Waals surface area (Å²) in [6.07, 6.45) is 3.44. The van der Waals surface area contributed by atoms with Crippen molar-refractivity contribution in [2.75, 3.05) is 39.3 Å². The summed E-state index contributed by atoms with van der Waals surface area (Å²) >= 11 is 0. The van der Waals surface area contributed by atoms with Gasteiger partial charge in [-0.1, -0.05) is 80.6 Å². The molecule has 23 heteroatoms. The molecule has 0 bridgehead atoms. The number of carbonyl (C=O) groups excluding carboxylic acids is 10. The van der Waals surface area contributed by atoms with E-state index < -0.39 is 113 Å². The third-order valence-electron chi connectivity index (χ3n) is 13.8. The first kappa shape index (κ1) is 71.1. The second kappa shape index (κ2) is 39.4. The fraction of sp³-hybridized carbons (Fsp3) is 0.818. The summed E-state index contributed by atoms with van der Waals surface area (Å²) in [5.74, 6) is -9.61. The zero-order chi connectivity index (χ0) is 58.9. The second-order valence-corrected chi connectivity index (χ2v) is 22.5. The second-order valence-electron chi connectivity index (χ2n) is 22.5. The van der Waals surface area contributed by atoms with E-state index in [0.29, 0.717) is 6.42 Å². The van der Waals surface area contributed by atoms with Crippen molar-refractivity contribution in [2.45, 2.75) is 213 Å². The van der Waals surface area contributed by atoms with Crippen molar-refractivity contribution < 1.29 is 53.1 Å². The van der Waals surface area contributed by atoms with Crippen LogP contribution in [0.25, 0.3) is 0 Å². The zero-order valence-electron chi connectivity index (χ0n) is 48.1. The van der Waals surface area contributed by atoms with E-state index in [4.69, 9.17) is 28.7 Å². The van der Waals surface area contributed by atoms with Gasteiger partial charge in [0.2, 0.25) is 41.4 Å². The lowest BCUT2D eigenvalue weighted by atomic mass is 9.88. The molecule has 18 N–H and O–H groups in total. The van der Waals surface area contributed by atoms with E-state index in [1.54, 1.807) is 0 Å². The van der Waals surface area contributed by atoms with Gasteiger partial charge in [0.05, 0.1) is 18.2 Å². The highest BCUT2D eigenvalue weighted by molar-refractivity contribution is 5.98. The number of Topliss-reactive ketones (excluding diaryl/α,β-unsaturated/α-hetero) is 3. The molecule has 0 aromatic rings. The predicted octanol–water partition coefficient (Wildman–Crippen LogP) is 0.135. The average molecular weight is 1110 g/mol. The number of ketones is 3. The third-order valence-corrected chi connectivity index (χ3v) is 13.8. The lowest BCUT2D eigenvalue weighted by molar-refractivity contribution is -0.137. The highest BCUT2D eigenvalue weighted by atomic mass is 16.3. The van der Waals surface area contributed by atoms with Crippen LogP contribution in [0.15, 0.2) is 0 Å². The van der Waals surface area contributed by atoms with E-state index in [0.717, 1.165) is 32.1 Å². The van der Waals surface area contributed by atoms with Gasteiger partial charge in [-0.15, -0.1) is 0 Å². The van der Waals surface area contributed by atoms with Crippen LogP contribution in [0, 0.1) is 35.5 Å². The van der Waals surface area contributed by atoms with Gasteiger partial charge in [0.25, 0.3) is 0 Å². The maximum Gasteiger partial charge on any atom is 0.243 e. The molecule has 0 aromatic heterocycles. The van der Waals surface area contributed by atoms with Crippen LogP contribution in [-0.4, -0.2) is 145 Å². The summed E-state index contributed by atoms with van der Waals surface area (Å²) < 4.78 is 0. The first-order valence-electron chi connectivity index (χ1n) is 28.8. The molecule has 1 fully saturated rings. The van der Waals surface area contributed by atoms with Crippen molar-refractivity contribution in [1.29, 1.82) is 0 Å². The predicted molar refractivity (Wildman–Crippen MR) is 299 cm³/mol. The summed E-state index contributed by atoms with van der Waals surface area (Å²) in [6, 6.07) is -7.59. The molecule has 448 valence electrons. The molecule has 23 nitrogen and oxygen atoms in total. The van der Waals surface area contributed by atoms with E-state index in [9.17, 15) is 53.1 Å². The number of hydrogen-bond donors (Lipinski definition) is 13. The molecule has 0 aromatic carbocycles. The van der Waals surface area contributed by atoms with Crippen molar-refractivity contribution in [3.8, 4) is 0 Å². The number of aliphatic hydroxyl groups is 1. The van der Waals surface area contributed by atoms with Gasteiger partial charge in [0, 0.05) is 50.0 Å². The molecule has 1 rings (SSSR count). The quantitative estimate of drug-likeness (QED) is 0.0463. The Labute approximate surface area is 463 Å². The number of carbonyl (C=O) groups is 10. The summed E-state index contributed by atoms with van der Waals surface area (Å²) in [7, 11) is 0. The van der Waals surface area contributed by atoms with Gasteiger partial charge in [-0.2, -0.15) is 0 Å². The number of unbranched alkanes of at least 4 members (excludes halogenated alkanes) is 4. The van der Waals surface area contributed by atoms with Crippen LogP contribution in [-0.2, 0) is 47.9 Å². The van der Waals surface area contributed by atoms with E-state index in [1.165, 1.54) is 0 Å². The van der Waals surface area contributed by atoms with Gasteiger partial charge in [0.15, 0.2) is 11.6 Å². The molecule has 78 heavy (non-hydrogen) atoms. The Kier molecular flexibility index (Phi) is 35.9. The number of hydrogen-bond acceptors (Lipinski definition) is 16. The van der Waals surface area contributed by atoms with E-state index in [2.05, 4.69) is 44.1 Å². The summed E-state index contributed by atoms with van der Waals surface area (Å²) in [5, 5.41) is 29.7. The monoisotopic (exact) mass is 1110 g/mol. The summed E-state index contributed by atoms with van der Waals surface area (Å²) in [4.78, 5) is 141. The maximum atomic E-state index is 14.4. The van der Waals surface area contributed by atoms with Crippen molar-refractivity contribution >= 4 is 58.7 Å². The SMILES string of the molecule is CCCCCCC[C@@H](O)CC(=O)C[C@H](CCN)C(=O)N[C@H]1CCNC(=O)[C@H](CC(C)C)CC(=O)[C@H](CCN)NC(=O)[C@H](CCN)NC(=O)[C@H](CC(C)C)NC(=O)[C@@H](CC(C)C)CC(=O)[C@H](CCN)NC(=O)[C@@H](CCN)NC1=O. The Morgan fingerprint density at radius 3 is 1.44 bits per heavy atom. The molecule has 1 aliphatic heterocycles. The van der Waals surface area contributed by atoms with Crippen LogP contribution in [0.2, 0.25) is 0 Å². The van der Waals surface area contributed by atoms with E-state index in [-0.39, 0.29) is 146 Å². The van der Waals surface area contributed by atoms with Crippen LogP contribution in [0.3, 0.4) is 0 Å². The van der Waals surface area contributed by atoms with Crippen molar-refractivity contribution in [3.05, 3.63) is 0 Å². The Bertz CT molecular complexity index is 1890. The summed E-state index contributed by atoms with van der Waals surface area (Å²) in [6.45, 7) is 12.8. The van der Waals surface area contributed by atoms with Crippen LogP contribution in [0.5, 0.6) is 0 Å². The Morgan fingerprint density at radius 1 is 0.526 bits per heavy atom. The van der Waals surface area contributed by atoms with E-state index >= 15 is 0 Å². The van der Waals surface area contributed by atoms with Crippen LogP contribution in [0.1, 0.15) is 170 Å². The minimum atomic E-state index is -1.43. The molecule has 10 atom stereocenters. The largest absolute Gasteiger partial charge is 0.393 e. The standard InChI is InChI=1S/C55H102N12O11/c1-8-9-10-11-12-13-39(68)32-40(69)29-36(14-20-56)50(73)64-45-19-25-61-49(72)37(26-33(2)3)30-47(70)41(15-21-57)62-53(76)44(18-24-60)66-55(78)46(28-35(6)7)67-51(74)38(27-34(4)5)31-48(71)42(16-22-58)63-52(75)43(17-23-59)65-54(45)77/h33-39,41-46,68H,8-32,56-60H2,1-7H3,(H,61,72)(H,62,76)(H,63,75)(H,64,73)(H,65,77)(H,66,78)(H,67,74)/t36-,37+,38-,39+,41-,42-,43+,44-,45-,46-/m0/s1. The van der Waals surface area contributed by atoms with Gasteiger partial charge in [-0.05, 0) is 115 Å². The minimum absolute atomic E-state index is 0.00583. The minimum Gasteiger partial charge on any atom is -0.393 e. The molecule has 0 unspecified atom stereocenters. The highest BCUT2D eigenvalue weighted by Gasteiger charge is 2.36. The summed E-state index contributed by atoms with van der Waals surface area (Å²) in [5.41, 5.74) is 29.7. The average Bonchev–Trinajstić information content (AvgIpc) is 3.35. The topological polar surface area (TPSA) is 405 Å². The number of nitrogens with one attached hydrogen (secondary N) is 7. The van der Waals surface area contributed by atoms with Gasteiger partial charge < -0.3 is 71.0 Å². The van der Waals surface area contributed by atoms with Gasteiger partial charge >= 0.3 is 0 Å². The molecular weight excluding hydrogens is 1000 g/mol. The maximum absolute atomic E-state index is 14.4. The lowest BCUT2D eigenvalue weighted by Gasteiger charge is -2.28. The van der Waals surface area contributed by atoms with Crippen molar-refractivity contribution in [3.63, 3.8) is 0 Å². The molecule has 0 saturated carbocycles. The first-order valence-corrected chi connectivity index (χ1v) is 28.8. The van der Waals surface area contributed by atoms with Gasteiger partial charge in [0.1, 0.15) is 30.0 Å². The lowest BCUT2D eigenvalue weighted by Crippen LogP contribution is -2.58. The number of nitrogens with two attached hydrogens (primary N) is 5. The molecule has 1 saturated heterocycles. The normalized spacial score (nSPS) is 24.2.